The van der Waals surface area contributed by atoms with E-state index in [1.807, 2.05) is 24.4 Å². The van der Waals surface area contributed by atoms with Crippen LogP contribution < -0.4 is 4.90 Å². The minimum absolute atomic E-state index is 0.199. The highest BCUT2D eigenvalue weighted by atomic mass is 32.1. The van der Waals surface area contributed by atoms with Crippen LogP contribution in [0.5, 0.6) is 0 Å². The summed E-state index contributed by atoms with van der Waals surface area (Å²) in [6, 6.07) is 10.8. The Kier molecular flexibility index (Phi) is 3.68. The van der Waals surface area contributed by atoms with Gasteiger partial charge in [0.25, 0.3) is 5.91 Å². The van der Waals surface area contributed by atoms with E-state index >= 15 is 0 Å². The molecule has 29 heavy (non-hydrogen) atoms. The van der Waals surface area contributed by atoms with Gasteiger partial charge < -0.3 is 14.8 Å². The van der Waals surface area contributed by atoms with Crippen LogP contribution in [-0.2, 0) is 0 Å². The molecule has 2 saturated heterocycles. The number of benzene rings is 1. The molecule has 3 aromatic heterocycles. The number of fused-ring (bicyclic) bond motifs is 4. The minimum atomic E-state index is 0.199. The van der Waals surface area contributed by atoms with E-state index in [2.05, 4.69) is 43.8 Å². The Morgan fingerprint density at radius 2 is 1.90 bits per heavy atom. The van der Waals surface area contributed by atoms with Crippen molar-refractivity contribution in [1.82, 2.24) is 19.9 Å². The van der Waals surface area contributed by atoms with E-state index in [0.29, 0.717) is 0 Å². The lowest BCUT2D eigenvalue weighted by Gasteiger charge is -2.41. The number of carbonyl (C=O) groups is 1. The average Bonchev–Trinajstić information content (AvgIpc) is 3.42. The summed E-state index contributed by atoms with van der Waals surface area (Å²) in [5.41, 5.74) is 1.98. The van der Waals surface area contributed by atoms with Crippen LogP contribution in [0.4, 0.5) is 5.82 Å². The molecule has 0 spiro atoms. The van der Waals surface area contributed by atoms with E-state index in [-0.39, 0.29) is 18.0 Å². The predicted octanol–water partition coefficient (Wildman–Crippen LogP) is 3.97. The summed E-state index contributed by atoms with van der Waals surface area (Å²) in [4.78, 5) is 31.0. The lowest BCUT2D eigenvalue weighted by molar-refractivity contribution is 0.0646. The number of nitrogens with one attached hydrogen (secondary N) is 1. The number of aryl methyl sites for hydroxylation is 1. The highest BCUT2D eigenvalue weighted by molar-refractivity contribution is 7.21. The van der Waals surface area contributed by atoms with Crippen molar-refractivity contribution in [2.75, 3.05) is 18.0 Å². The molecule has 7 heteroatoms. The van der Waals surface area contributed by atoms with Crippen molar-refractivity contribution in [2.24, 2.45) is 0 Å². The van der Waals surface area contributed by atoms with Crippen LogP contribution in [0.25, 0.3) is 21.1 Å². The molecule has 2 aliphatic heterocycles. The van der Waals surface area contributed by atoms with E-state index < -0.39 is 0 Å². The highest BCUT2D eigenvalue weighted by Gasteiger charge is 2.44. The van der Waals surface area contributed by atoms with Gasteiger partial charge in [0.2, 0.25) is 0 Å². The summed E-state index contributed by atoms with van der Waals surface area (Å²) < 4.78 is 1.19. The first-order chi connectivity index (χ1) is 14.2. The number of rotatable bonds is 2. The Balaban J connectivity index is 1.32. The van der Waals surface area contributed by atoms with E-state index in [0.717, 1.165) is 53.2 Å². The van der Waals surface area contributed by atoms with Gasteiger partial charge in [-0.2, -0.15) is 0 Å². The molecule has 0 aliphatic carbocycles. The molecule has 2 bridgehead atoms. The number of H-pyrrole nitrogens is 1. The molecule has 1 aromatic carbocycles. The SMILES string of the molecule is Cc1c(C(=O)N2C3CCC2CN(c2ncnc4[nH]ccc24)C3)sc2ccccc12. The smallest absolute Gasteiger partial charge is 0.264 e. The molecule has 146 valence electrons. The van der Waals surface area contributed by atoms with Gasteiger partial charge >= 0.3 is 0 Å². The van der Waals surface area contributed by atoms with Crippen molar-refractivity contribution >= 4 is 44.2 Å². The van der Waals surface area contributed by atoms with Crippen molar-refractivity contribution in [3.8, 4) is 0 Å². The van der Waals surface area contributed by atoms with Crippen LogP contribution in [0.2, 0.25) is 0 Å². The maximum absolute atomic E-state index is 13.6. The van der Waals surface area contributed by atoms with Gasteiger partial charge in [0.05, 0.1) is 22.3 Å². The molecule has 2 unspecified atom stereocenters. The maximum atomic E-state index is 13.6. The Morgan fingerprint density at radius 3 is 2.69 bits per heavy atom. The molecule has 2 atom stereocenters. The van der Waals surface area contributed by atoms with Crippen LogP contribution in [0.1, 0.15) is 28.1 Å². The van der Waals surface area contributed by atoms with E-state index in [9.17, 15) is 4.79 Å². The first kappa shape index (κ1) is 17.0. The van der Waals surface area contributed by atoms with Crippen molar-refractivity contribution in [3.05, 3.63) is 53.3 Å². The Bertz CT molecular complexity index is 1230. The zero-order valence-corrected chi connectivity index (χ0v) is 16.9. The second-order valence-corrected chi connectivity index (χ2v) is 9.04. The molecule has 0 saturated carbocycles. The number of aromatic amines is 1. The van der Waals surface area contributed by atoms with Crippen molar-refractivity contribution in [2.45, 2.75) is 31.8 Å². The second kappa shape index (κ2) is 6.29. The van der Waals surface area contributed by atoms with Crippen LogP contribution in [0.15, 0.2) is 42.9 Å². The summed E-state index contributed by atoms with van der Waals surface area (Å²) in [6.45, 7) is 3.72. The topological polar surface area (TPSA) is 65.1 Å². The molecule has 5 heterocycles. The molecule has 6 rings (SSSR count). The van der Waals surface area contributed by atoms with Crippen molar-refractivity contribution in [1.29, 1.82) is 0 Å². The summed E-state index contributed by atoms with van der Waals surface area (Å²) in [6.07, 6.45) is 5.63. The summed E-state index contributed by atoms with van der Waals surface area (Å²) >= 11 is 1.63. The van der Waals surface area contributed by atoms with E-state index in [1.165, 1.54) is 10.1 Å². The standard InChI is InChI=1S/C22H21N5OS/c1-13-16-4-2-3-5-18(16)29-19(13)22(28)27-14-6-7-15(27)11-26(10-14)21-17-8-9-23-20(17)24-12-25-21/h2-5,8-9,12,14-15H,6-7,10-11H2,1H3,(H,23,24,25). The molecule has 4 aromatic rings. The first-order valence-corrected chi connectivity index (χ1v) is 10.9. The average molecular weight is 404 g/mol. The third-order valence-corrected chi connectivity index (χ3v) is 7.65. The van der Waals surface area contributed by atoms with Gasteiger partial charge in [-0.3, -0.25) is 4.79 Å². The molecular formula is C22H21N5OS. The number of hydrogen-bond acceptors (Lipinski definition) is 5. The Labute approximate surface area is 172 Å². The summed E-state index contributed by atoms with van der Waals surface area (Å²) in [7, 11) is 0. The number of carbonyl (C=O) groups excluding carboxylic acids is 1. The maximum Gasteiger partial charge on any atom is 0.264 e. The molecule has 0 radical (unpaired) electrons. The fourth-order valence-corrected chi connectivity index (χ4v) is 6.17. The monoisotopic (exact) mass is 403 g/mol. The second-order valence-electron chi connectivity index (χ2n) is 7.99. The van der Waals surface area contributed by atoms with Gasteiger partial charge in [-0.25, -0.2) is 9.97 Å². The zero-order chi connectivity index (χ0) is 19.5. The molecule has 2 aliphatic rings. The van der Waals surface area contributed by atoms with E-state index in [1.54, 1.807) is 17.7 Å². The van der Waals surface area contributed by atoms with Crippen molar-refractivity contribution in [3.63, 3.8) is 0 Å². The fourth-order valence-electron chi connectivity index (χ4n) is 5.01. The van der Waals surface area contributed by atoms with E-state index in [4.69, 9.17) is 0 Å². The zero-order valence-electron chi connectivity index (χ0n) is 16.1. The van der Waals surface area contributed by atoms with Crippen LogP contribution >= 0.6 is 11.3 Å². The molecule has 1 amide bonds. The third-order valence-electron chi connectivity index (χ3n) is 6.39. The lowest BCUT2D eigenvalue weighted by atomic mass is 10.1. The fraction of sp³-hybridized carbons (Fsp3) is 0.318. The molecular weight excluding hydrogens is 382 g/mol. The molecule has 2 fully saturated rings. The van der Waals surface area contributed by atoms with Gasteiger partial charge in [-0.15, -0.1) is 11.3 Å². The minimum Gasteiger partial charge on any atom is -0.352 e. The van der Waals surface area contributed by atoms with Gasteiger partial charge in [-0.05, 0) is 42.8 Å². The van der Waals surface area contributed by atoms with Crippen LogP contribution in [0.3, 0.4) is 0 Å². The predicted molar refractivity (Wildman–Crippen MR) is 116 cm³/mol. The number of anilines is 1. The normalized spacial score (nSPS) is 21.4. The van der Waals surface area contributed by atoms with Crippen LogP contribution in [0, 0.1) is 6.92 Å². The first-order valence-electron chi connectivity index (χ1n) is 10.0. The van der Waals surface area contributed by atoms with Crippen LogP contribution in [-0.4, -0.2) is 50.9 Å². The number of nitrogens with zero attached hydrogens (tertiary/aromatic N) is 4. The quantitative estimate of drug-likeness (QED) is 0.550. The lowest BCUT2D eigenvalue weighted by Crippen LogP contribution is -2.56. The third kappa shape index (κ3) is 2.50. The molecule has 1 N–H and O–H groups in total. The number of amides is 1. The Morgan fingerprint density at radius 1 is 1.10 bits per heavy atom. The van der Waals surface area contributed by atoms with Gasteiger partial charge in [-0.1, -0.05) is 18.2 Å². The summed E-state index contributed by atoms with van der Waals surface area (Å²) in [5, 5.41) is 2.25. The number of thiophene rings is 1. The van der Waals surface area contributed by atoms with Gasteiger partial charge in [0.1, 0.15) is 17.8 Å². The molecule has 6 nitrogen and oxygen atoms in total. The number of aromatic nitrogens is 3. The highest BCUT2D eigenvalue weighted by Crippen LogP contribution is 2.38. The largest absolute Gasteiger partial charge is 0.352 e. The number of piperazine rings is 1. The van der Waals surface area contributed by atoms with Crippen molar-refractivity contribution < 1.29 is 4.79 Å². The summed E-state index contributed by atoms with van der Waals surface area (Å²) in [5.74, 6) is 1.17. The Hall–Kier alpha value is -2.93. The van der Waals surface area contributed by atoms with Gasteiger partial charge in [0.15, 0.2) is 0 Å². The number of hydrogen-bond donors (Lipinski definition) is 1. The van der Waals surface area contributed by atoms with Gasteiger partial charge in [0, 0.05) is 24.0 Å².